The highest BCUT2D eigenvalue weighted by Crippen LogP contribution is 2.17. The Morgan fingerprint density at radius 2 is 1.79 bits per heavy atom. The highest BCUT2D eigenvalue weighted by Gasteiger charge is 2.11. The quantitative estimate of drug-likeness (QED) is 0.354. The van der Waals surface area contributed by atoms with Gasteiger partial charge in [-0.25, -0.2) is 4.39 Å². The van der Waals surface area contributed by atoms with E-state index in [0.717, 1.165) is 0 Å². The second kappa shape index (κ2) is 10.8. The number of nitrogens with zero attached hydrogens (tertiary/aromatic N) is 4. The molecule has 0 spiro atoms. The van der Waals surface area contributed by atoms with E-state index in [-0.39, 0.29) is 23.4 Å². The fourth-order valence-electron chi connectivity index (χ4n) is 3.05. The Hall–Kier alpha value is -3.99. The predicted molar refractivity (Wildman–Crippen MR) is 126 cm³/mol. The summed E-state index contributed by atoms with van der Waals surface area (Å²) in [6.07, 6.45) is 0.426. The summed E-state index contributed by atoms with van der Waals surface area (Å²) < 4.78 is 19.7. The molecule has 0 saturated carbocycles. The third-order valence-electron chi connectivity index (χ3n) is 4.77. The molecule has 0 saturated heterocycles. The van der Waals surface area contributed by atoms with Crippen LogP contribution in [0.5, 0.6) is 5.75 Å². The molecule has 0 bridgehead atoms. The Bertz CT molecular complexity index is 1290. The summed E-state index contributed by atoms with van der Waals surface area (Å²) in [6.45, 7) is 0.352. The minimum atomic E-state index is -0.366. The maximum atomic E-state index is 13.0. The Kier molecular flexibility index (Phi) is 7.33. The summed E-state index contributed by atoms with van der Waals surface area (Å²) in [4.78, 5) is 24.5. The van der Waals surface area contributed by atoms with Crippen molar-refractivity contribution in [1.29, 1.82) is 0 Å². The van der Waals surface area contributed by atoms with Crippen LogP contribution < -0.4 is 15.4 Å². The highest BCUT2D eigenvalue weighted by atomic mass is 32.2. The zero-order valence-electron chi connectivity index (χ0n) is 18.2. The van der Waals surface area contributed by atoms with E-state index >= 15 is 0 Å². The van der Waals surface area contributed by atoms with Gasteiger partial charge in [-0.05, 0) is 60.7 Å². The number of hydrogen-bond acceptors (Lipinski definition) is 7. The first kappa shape index (κ1) is 23.2. The maximum Gasteiger partial charge on any atom is 0.251 e. The molecule has 11 heteroatoms. The van der Waals surface area contributed by atoms with Crippen LogP contribution in [0.1, 0.15) is 16.2 Å². The van der Waals surface area contributed by atoms with Gasteiger partial charge < -0.3 is 15.4 Å². The molecule has 2 heterocycles. The molecule has 4 aromatic rings. The van der Waals surface area contributed by atoms with Crippen molar-refractivity contribution >= 4 is 34.9 Å². The lowest BCUT2D eigenvalue weighted by Gasteiger charge is -2.06. The smallest absolute Gasteiger partial charge is 0.251 e. The van der Waals surface area contributed by atoms with Crippen LogP contribution in [0.25, 0.3) is 5.65 Å². The monoisotopic (exact) mass is 480 g/mol. The first-order chi connectivity index (χ1) is 16.5. The van der Waals surface area contributed by atoms with Gasteiger partial charge in [0.2, 0.25) is 5.91 Å². The van der Waals surface area contributed by atoms with E-state index in [1.807, 2.05) is 0 Å². The molecule has 2 N–H and O–H groups in total. The van der Waals surface area contributed by atoms with Gasteiger partial charge >= 0.3 is 0 Å². The number of fused-ring (bicyclic) bond motifs is 1. The number of aromatic nitrogens is 4. The number of benzene rings is 2. The largest absolute Gasteiger partial charge is 0.497 e. The normalized spacial score (nSPS) is 10.8. The molecule has 2 aromatic carbocycles. The van der Waals surface area contributed by atoms with Crippen LogP contribution in [0.2, 0.25) is 0 Å². The number of carbonyl (C=O) groups excluding carboxylic acids is 2. The van der Waals surface area contributed by atoms with Crippen molar-refractivity contribution < 1.29 is 18.7 Å². The fourth-order valence-corrected chi connectivity index (χ4v) is 3.71. The highest BCUT2D eigenvalue weighted by molar-refractivity contribution is 7.99. The van der Waals surface area contributed by atoms with Gasteiger partial charge in [0.1, 0.15) is 16.6 Å². The van der Waals surface area contributed by atoms with Crippen molar-refractivity contribution in [3.63, 3.8) is 0 Å². The third kappa shape index (κ3) is 5.87. The van der Waals surface area contributed by atoms with Gasteiger partial charge in [-0.3, -0.25) is 9.59 Å². The molecule has 174 valence electrons. The van der Waals surface area contributed by atoms with E-state index in [1.54, 1.807) is 48.0 Å². The lowest BCUT2D eigenvalue weighted by molar-refractivity contribution is -0.113. The summed E-state index contributed by atoms with van der Waals surface area (Å²) in [5.41, 5.74) is 1.62. The molecular weight excluding hydrogens is 459 g/mol. The number of rotatable bonds is 9. The van der Waals surface area contributed by atoms with Crippen LogP contribution in [-0.4, -0.2) is 51.0 Å². The maximum absolute atomic E-state index is 13.0. The van der Waals surface area contributed by atoms with Crippen LogP contribution in [0.4, 0.5) is 10.1 Å². The Morgan fingerprint density at radius 1 is 1.03 bits per heavy atom. The molecule has 2 amide bonds. The molecule has 0 unspecified atom stereocenters. The van der Waals surface area contributed by atoms with Gasteiger partial charge in [-0.1, -0.05) is 11.8 Å². The lowest BCUT2D eigenvalue weighted by Crippen LogP contribution is -2.26. The Balaban J connectivity index is 1.32. The Morgan fingerprint density at radius 3 is 2.53 bits per heavy atom. The van der Waals surface area contributed by atoms with Crippen molar-refractivity contribution in [3.05, 3.63) is 77.9 Å². The number of amides is 2. The van der Waals surface area contributed by atoms with Crippen LogP contribution in [0.15, 0.2) is 65.7 Å². The fraction of sp³-hybridized carbons (Fsp3) is 0.174. The Labute approximate surface area is 198 Å². The summed E-state index contributed by atoms with van der Waals surface area (Å²) >= 11 is 1.25. The molecular formula is C23H21FN6O3S. The molecule has 0 radical (unpaired) electrons. The van der Waals surface area contributed by atoms with E-state index < -0.39 is 0 Å². The van der Waals surface area contributed by atoms with Crippen molar-refractivity contribution in [2.75, 3.05) is 24.7 Å². The average Bonchev–Trinajstić information content (AvgIpc) is 3.26. The van der Waals surface area contributed by atoms with Gasteiger partial charge in [0, 0.05) is 24.2 Å². The second-order valence-corrected chi connectivity index (χ2v) is 8.13. The summed E-state index contributed by atoms with van der Waals surface area (Å²) in [5, 5.41) is 18.9. The number of ether oxygens (including phenoxy) is 1. The first-order valence-corrected chi connectivity index (χ1v) is 11.3. The molecule has 0 aliphatic rings. The molecule has 0 aliphatic carbocycles. The number of thioether (sulfide) groups is 1. The van der Waals surface area contributed by atoms with E-state index in [9.17, 15) is 14.0 Å². The van der Waals surface area contributed by atoms with E-state index in [1.165, 1.54) is 36.0 Å². The molecule has 2 aromatic heterocycles. The molecule has 9 nitrogen and oxygen atoms in total. The molecule has 4 rings (SSSR count). The number of carbonyl (C=O) groups is 2. The number of halogens is 1. The summed E-state index contributed by atoms with van der Waals surface area (Å²) in [6, 6.07) is 15.9. The van der Waals surface area contributed by atoms with Crippen molar-refractivity contribution in [2.24, 2.45) is 0 Å². The number of anilines is 1. The first-order valence-electron chi connectivity index (χ1n) is 10.3. The number of methoxy groups -OCH3 is 1. The van der Waals surface area contributed by atoms with Gasteiger partial charge in [0.15, 0.2) is 11.5 Å². The van der Waals surface area contributed by atoms with Crippen molar-refractivity contribution in [1.82, 2.24) is 25.1 Å². The van der Waals surface area contributed by atoms with Gasteiger partial charge in [0.05, 0.1) is 12.9 Å². The minimum absolute atomic E-state index is 0.130. The predicted octanol–water partition coefficient (Wildman–Crippen LogP) is 2.98. The number of hydrogen-bond donors (Lipinski definition) is 2. The van der Waals surface area contributed by atoms with Crippen LogP contribution >= 0.6 is 11.8 Å². The number of nitrogens with one attached hydrogen (secondary N) is 2. The van der Waals surface area contributed by atoms with Crippen molar-refractivity contribution in [3.8, 4) is 5.75 Å². The minimum Gasteiger partial charge on any atom is -0.497 e. The lowest BCUT2D eigenvalue weighted by atomic mass is 10.2. The standard InChI is InChI=1S/C23H21FN6O3S/c1-33-18-8-2-15(3-9-18)23(32)25-13-12-20-28-27-19-10-11-22(29-30(19)20)34-14-21(31)26-17-6-4-16(24)5-7-17/h2-11H,12-14H2,1H3,(H,25,32)(H,26,31). The third-order valence-corrected chi connectivity index (χ3v) is 5.69. The molecule has 0 atom stereocenters. The van der Waals surface area contributed by atoms with E-state index in [2.05, 4.69) is 25.9 Å². The SMILES string of the molecule is COc1ccc(C(=O)NCCc2nnc3ccc(SCC(=O)Nc4ccc(F)cc4)nn23)cc1. The van der Waals surface area contributed by atoms with Crippen LogP contribution in [0, 0.1) is 5.82 Å². The zero-order chi connectivity index (χ0) is 23.9. The van der Waals surface area contributed by atoms with Crippen molar-refractivity contribution in [2.45, 2.75) is 11.4 Å². The molecule has 0 aliphatic heterocycles. The second-order valence-electron chi connectivity index (χ2n) is 7.14. The summed E-state index contributed by atoms with van der Waals surface area (Å²) in [5.74, 6) is 0.597. The van der Waals surface area contributed by atoms with Crippen LogP contribution in [0.3, 0.4) is 0 Å². The van der Waals surface area contributed by atoms with E-state index in [4.69, 9.17) is 4.74 Å². The van der Waals surface area contributed by atoms with Gasteiger partial charge in [-0.2, -0.15) is 9.61 Å². The molecule has 0 fully saturated rings. The van der Waals surface area contributed by atoms with Crippen LogP contribution in [-0.2, 0) is 11.2 Å². The van der Waals surface area contributed by atoms with Gasteiger partial charge in [-0.15, -0.1) is 10.2 Å². The summed E-state index contributed by atoms with van der Waals surface area (Å²) in [7, 11) is 1.57. The van der Waals surface area contributed by atoms with Gasteiger partial charge in [0.25, 0.3) is 5.91 Å². The molecule has 34 heavy (non-hydrogen) atoms. The topological polar surface area (TPSA) is 111 Å². The van der Waals surface area contributed by atoms with E-state index in [0.29, 0.717) is 46.5 Å². The zero-order valence-corrected chi connectivity index (χ0v) is 19.0. The average molecular weight is 481 g/mol.